The van der Waals surface area contributed by atoms with E-state index in [1.54, 1.807) is 10.9 Å². The number of hydrogen-bond acceptors (Lipinski definition) is 3. The zero-order valence-corrected chi connectivity index (χ0v) is 16.0. The first-order valence-corrected chi connectivity index (χ1v) is 9.39. The van der Waals surface area contributed by atoms with Gasteiger partial charge in [-0.05, 0) is 44.4 Å². The number of aryl methyl sites for hydroxylation is 1. The maximum atomic E-state index is 12.7. The molecule has 1 aliphatic heterocycles. The first kappa shape index (κ1) is 18.7. The molecule has 0 spiro atoms. The first-order chi connectivity index (χ1) is 12.6. The molecule has 0 radical (unpaired) electrons. The van der Waals surface area contributed by atoms with Gasteiger partial charge in [0, 0.05) is 30.3 Å². The van der Waals surface area contributed by atoms with Gasteiger partial charge in [-0.1, -0.05) is 23.7 Å². The predicted octanol–water partition coefficient (Wildman–Crippen LogP) is 3.93. The highest BCUT2D eigenvalue weighted by atomic mass is 35.5. The fourth-order valence-electron chi connectivity index (χ4n) is 3.21. The minimum Gasteiger partial charge on any atom is -0.378 e. The number of aromatic nitrogens is 2. The second-order valence-electron chi connectivity index (χ2n) is 6.54. The van der Waals surface area contributed by atoms with E-state index in [0.717, 1.165) is 36.4 Å². The first-order valence-electron chi connectivity index (χ1n) is 9.01. The molecule has 1 aliphatic rings. The molecule has 3 rings (SSSR count). The van der Waals surface area contributed by atoms with Gasteiger partial charge in [-0.3, -0.25) is 5.32 Å². The molecule has 2 heterocycles. The summed E-state index contributed by atoms with van der Waals surface area (Å²) in [5, 5.41) is 8.11. The third-order valence-electron chi connectivity index (χ3n) is 4.60. The Morgan fingerprint density at radius 2 is 2.15 bits per heavy atom. The lowest BCUT2D eigenvalue weighted by Gasteiger charge is -2.31. The number of carbonyl (C=O) groups is 1. The largest absolute Gasteiger partial charge is 0.378 e. The molecule has 6 nitrogen and oxygen atoms in total. The average molecular weight is 377 g/mol. The number of rotatable bonds is 5. The van der Waals surface area contributed by atoms with Gasteiger partial charge in [-0.2, -0.15) is 5.10 Å². The van der Waals surface area contributed by atoms with Crippen molar-refractivity contribution in [2.75, 3.05) is 25.0 Å². The third-order valence-corrected chi connectivity index (χ3v) is 4.84. The van der Waals surface area contributed by atoms with E-state index in [9.17, 15) is 4.79 Å². The molecule has 2 amide bonds. The van der Waals surface area contributed by atoms with Crippen LogP contribution in [-0.2, 0) is 11.3 Å². The summed E-state index contributed by atoms with van der Waals surface area (Å²) in [6.07, 6.45) is 3.78. The molecule has 1 aromatic carbocycles. The summed E-state index contributed by atoms with van der Waals surface area (Å²) >= 11 is 6.06. The molecular weight excluding hydrogens is 352 g/mol. The van der Waals surface area contributed by atoms with E-state index in [0.29, 0.717) is 24.7 Å². The number of hydrogen-bond donors (Lipinski definition) is 1. The van der Waals surface area contributed by atoms with E-state index in [1.807, 2.05) is 43.0 Å². The van der Waals surface area contributed by atoms with Gasteiger partial charge in [0.15, 0.2) is 0 Å². The topological polar surface area (TPSA) is 59.4 Å². The second kappa shape index (κ2) is 8.56. The summed E-state index contributed by atoms with van der Waals surface area (Å²) < 4.78 is 7.45. The number of nitrogens with zero attached hydrogens (tertiary/aromatic N) is 3. The van der Waals surface area contributed by atoms with Crippen molar-refractivity contribution in [2.45, 2.75) is 39.3 Å². The second-order valence-corrected chi connectivity index (χ2v) is 6.97. The molecule has 2 aromatic rings. The number of halogens is 1. The van der Waals surface area contributed by atoms with Crippen LogP contribution in [0.5, 0.6) is 0 Å². The Kier molecular flexibility index (Phi) is 6.16. The number of nitrogens with one attached hydrogen (secondary N) is 1. The lowest BCUT2D eigenvalue weighted by atomic mass is 10.1. The summed E-state index contributed by atoms with van der Waals surface area (Å²) in [7, 11) is 0. The van der Waals surface area contributed by atoms with Crippen molar-refractivity contribution in [3.63, 3.8) is 0 Å². The number of carbonyl (C=O) groups excluding carboxylic acids is 1. The molecule has 1 fully saturated rings. The minimum absolute atomic E-state index is 0.0871. The van der Waals surface area contributed by atoms with E-state index in [4.69, 9.17) is 16.3 Å². The van der Waals surface area contributed by atoms with E-state index >= 15 is 0 Å². The van der Waals surface area contributed by atoms with E-state index in [1.165, 1.54) is 0 Å². The number of likely N-dealkylation sites (tertiary alicyclic amines) is 1. The maximum absolute atomic E-state index is 12.7. The van der Waals surface area contributed by atoms with Gasteiger partial charge in [-0.25, -0.2) is 9.48 Å². The molecular formula is C19H25ClN4O2. The lowest BCUT2D eigenvalue weighted by Crippen LogP contribution is -2.43. The lowest BCUT2D eigenvalue weighted by molar-refractivity contribution is 0.0232. The normalized spacial score (nSPS) is 15.3. The molecule has 0 saturated carbocycles. The number of piperidine rings is 1. The highest BCUT2D eigenvalue weighted by Gasteiger charge is 2.24. The van der Waals surface area contributed by atoms with E-state index < -0.39 is 0 Å². The van der Waals surface area contributed by atoms with Crippen LogP contribution in [0.3, 0.4) is 0 Å². The van der Waals surface area contributed by atoms with Crippen LogP contribution in [-0.4, -0.2) is 46.5 Å². The fraction of sp³-hybridized carbons (Fsp3) is 0.474. The van der Waals surface area contributed by atoms with Gasteiger partial charge in [0.1, 0.15) is 5.82 Å². The highest BCUT2D eigenvalue weighted by Crippen LogP contribution is 2.20. The molecule has 0 unspecified atom stereocenters. The quantitative estimate of drug-likeness (QED) is 0.860. The van der Waals surface area contributed by atoms with Gasteiger partial charge >= 0.3 is 6.03 Å². The molecule has 1 N–H and O–H groups in total. The zero-order chi connectivity index (χ0) is 18.5. The van der Waals surface area contributed by atoms with Crippen molar-refractivity contribution in [3.8, 4) is 0 Å². The van der Waals surface area contributed by atoms with Crippen LogP contribution in [0.1, 0.15) is 30.9 Å². The number of urea groups is 1. The summed E-state index contributed by atoms with van der Waals surface area (Å²) in [6.45, 7) is 6.63. The third kappa shape index (κ3) is 4.56. The number of ether oxygens (including phenoxy) is 1. The molecule has 26 heavy (non-hydrogen) atoms. The molecule has 0 bridgehead atoms. The standard InChI is InChI=1S/C19H25ClN4O2/c1-3-26-17-7-9-23(10-8-17)19(25)22-18-14(2)12-21-24(18)13-15-5-4-6-16(20)11-15/h4-6,11-12,17H,3,7-10,13H2,1-2H3,(H,22,25). The Labute approximate surface area is 159 Å². The Morgan fingerprint density at radius 1 is 1.38 bits per heavy atom. The van der Waals surface area contributed by atoms with E-state index in [2.05, 4.69) is 10.4 Å². The average Bonchev–Trinajstić information content (AvgIpc) is 2.96. The summed E-state index contributed by atoms with van der Waals surface area (Å²) in [4.78, 5) is 14.5. The highest BCUT2D eigenvalue weighted by molar-refractivity contribution is 6.30. The molecule has 0 atom stereocenters. The number of amides is 2. The minimum atomic E-state index is -0.0871. The molecule has 0 aliphatic carbocycles. The number of benzene rings is 1. The van der Waals surface area contributed by atoms with Crippen LogP contribution < -0.4 is 5.32 Å². The molecule has 1 saturated heterocycles. The van der Waals surface area contributed by atoms with Crippen molar-refractivity contribution in [1.29, 1.82) is 0 Å². The van der Waals surface area contributed by atoms with Crippen molar-refractivity contribution in [2.24, 2.45) is 0 Å². The SMILES string of the molecule is CCOC1CCN(C(=O)Nc2c(C)cnn2Cc2cccc(Cl)c2)CC1. The van der Waals surface area contributed by atoms with Crippen molar-refractivity contribution in [1.82, 2.24) is 14.7 Å². The van der Waals surface area contributed by atoms with E-state index in [-0.39, 0.29) is 12.1 Å². The molecule has 140 valence electrons. The summed E-state index contributed by atoms with van der Waals surface area (Å²) in [5.41, 5.74) is 1.97. The smallest absolute Gasteiger partial charge is 0.323 e. The Bertz CT molecular complexity index is 754. The number of anilines is 1. The van der Waals surface area contributed by atoms with Gasteiger partial charge in [0.2, 0.25) is 0 Å². The maximum Gasteiger partial charge on any atom is 0.323 e. The van der Waals surface area contributed by atoms with Crippen LogP contribution in [0.4, 0.5) is 10.6 Å². The zero-order valence-electron chi connectivity index (χ0n) is 15.2. The Balaban J connectivity index is 1.65. The predicted molar refractivity (Wildman–Crippen MR) is 103 cm³/mol. The van der Waals surface area contributed by atoms with Crippen molar-refractivity contribution < 1.29 is 9.53 Å². The van der Waals surface area contributed by atoms with Crippen molar-refractivity contribution in [3.05, 3.63) is 46.6 Å². The van der Waals surface area contributed by atoms with Gasteiger partial charge in [-0.15, -0.1) is 0 Å². The molecule has 1 aromatic heterocycles. The van der Waals surface area contributed by atoms with Gasteiger partial charge < -0.3 is 9.64 Å². The summed E-state index contributed by atoms with van der Waals surface area (Å²) in [5.74, 6) is 0.724. The monoisotopic (exact) mass is 376 g/mol. The van der Waals surface area contributed by atoms with Gasteiger partial charge in [0.05, 0.1) is 18.8 Å². The van der Waals surface area contributed by atoms with Crippen LogP contribution in [0.25, 0.3) is 0 Å². The van der Waals surface area contributed by atoms with Crippen LogP contribution >= 0.6 is 11.6 Å². The van der Waals surface area contributed by atoms with Gasteiger partial charge in [0.25, 0.3) is 0 Å². The van der Waals surface area contributed by atoms with Crippen LogP contribution in [0.2, 0.25) is 5.02 Å². The Hall–Kier alpha value is -2.05. The molecule has 7 heteroatoms. The summed E-state index contributed by atoms with van der Waals surface area (Å²) in [6, 6.07) is 7.56. The van der Waals surface area contributed by atoms with Crippen molar-refractivity contribution >= 4 is 23.4 Å². The van der Waals surface area contributed by atoms with Crippen LogP contribution in [0.15, 0.2) is 30.5 Å². The Morgan fingerprint density at radius 3 is 2.85 bits per heavy atom. The van der Waals surface area contributed by atoms with Crippen LogP contribution in [0, 0.1) is 6.92 Å². The fourth-order valence-corrected chi connectivity index (χ4v) is 3.42.